The fourth-order valence-corrected chi connectivity index (χ4v) is 4.13. The molecular formula is C15H25N3S. The summed E-state index contributed by atoms with van der Waals surface area (Å²) >= 11 is 1.82. The molecule has 19 heavy (non-hydrogen) atoms. The Kier molecular flexibility index (Phi) is 4.38. The van der Waals surface area contributed by atoms with E-state index in [0.717, 1.165) is 18.5 Å². The third-order valence-electron chi connectivity index (χ3n) is 4.39. The van der Waals surface area contributed by atoms with Crippen LogP contribution in [-0.4, -0.2) is 24.1 Å². The van der Waals surface area contributed by atoms with E-state index in [1.807, 2.05) is 11.3 Å². The molecule has 1 aromatic heterocycles. The molecule has 4 heteroatoms. The van der Waals surface area contributed by atoms with Gasteiger partial charge in [-0.05, 0) is 31.6 Å². The number of rotatable bonds is 4. The van der Waals surface area contributed by atoms with Crippen molar-refractivity contribution in [3.63, 3.8) is 0 Å². The second-order valence-electron chi connectivity index (χ2n) is 6.18. The summed E-state index contributed by atoms with van der Waals surface area (Å²) in [5.41, 5.74) is 1.23. The lowest BCUT2D eigenvalue weighted by molar-refractivity contribution is 0.446. The summed E-state index contributed by atoms with van der Waals surface area (Å²) in [6.07, 6.45) is 8.17. The van der Waals surface area contributed by atoms with Crippen LogP contribution < -0.4 is 10.2 Å². The van der Waals surface area contributed by atoms with Crippen molar-refractivity contribution in [3.05, 3.63) is 11.1 Å². The zero-order valence-electron chi connectivity index (χ0n) is 11.9. The van der Waals surface area contributed by atoms with E-state index in [0.29, 0.717) is 0 Å². The van der Waals surface area contributed by atoms with E-state index >= 15 is 0 Å². The molecule has 3 rings (SSSR count). The summed E-state index contributed by atoms with van der Waals surface area (Å²) < 4.78 is 0. The van der Waals surface area contributed by atoms with Crippen LogP contribution in [0.3, 0.4) is 0 Å². The second kappa shape index (κ2) is 6.23. The molecule has 2 heterocycles. The van der Waals surface area contributed by atoms with E-state index in [2.05, 4.69) is 22.5 Å². The summed E-state index contributed by atoms with van der Waals surface area (Å²) in [4.78, 5) is 7.28. The average molecular weight is 279 g/mol. The van der Waals surface area contributed by atoms with E-state index in [1.165, 1.54) is 62.4 Å². The first kappa shape index (κ1) is 13.4. The van der Waals surface area contributed by atoms with Crippen LogP contribution in [0.15, 0.2) is 5.38 Å². The number of aromatic nitrogens is 1. The van der Waals surface area contributed by atoms with E-state index in [-0.39, 0.29) is 0 Å². The lowest BCUT2D eigenvalue weighted by Crippen LogP contribution is -2.34. The molecule has 0 spiro atoms. The van der Waals surface area contributed by atoms with Crippen LogP contribution in [0.25, 0.3) is 0 Å². The minimum Gasteiger partial charge on any atom is -0.348 e. The van der Waals surface area contributed by atoms with Crippen LogP contribution in [0.4, 0.5) is 5.13 Å². The summed E-state index contributed by atoms with van der Waals surface area (Å²) in [5, 5.41) is 7.11. The molecule has 1 aliphatic heterocycles. The Balaban J connectivity index is 1.53. The molecular weight excluding hydrogens is 254 g/mol. The van der Waals surface area contributed by atoms with Gasteiger partial charge in [0, 0.05) is 31.1 Å². The molecule has 0 radical (unpaired) electrons. The van der Waals surface area contributed by atoms with Gasteiger partial charge in [0.1, 0.15) is 0 Å². The Labute approximate surface area is 120 Å². The predicted octanol–water partition coefficient (Wildman–Crippen LogP) is 3.41. The van der Waals surface area contributed by atoms with Crippen molar-refractivity contribution in [1.29, 1.82) is 0 Å². The Morgan fingerprint density at radius 3 is 2.95 bits per heavy atom. The molecule has 0 amide bonds. The van der Waals surface area contributed by atoms with Gasteiger partial charge in [0.25, 0.3) is 0 Å². The lowest BCUT2D eigenvalue weighted by atomic mass is 10.0. The van der Waals surface area contributed by atoms with Crippen molar-refractivity contribution in [1.82, 2.24) is 10.3 Å². The number of hydrogen-bond donors (Lipinski definition) is 1. The van der Waals surface area contributed by atoms with Crippen molar-refractivity contribution in [2.45, 2.75) is 58.0 Å². The third kappa shape index (κ3) is 3.48. The Morgan fingerprint density at radius 1 is 1.32 bits per heavy atom. The van der Waals surface area contributed by atoms with E-state index < -0.39 is 0 Å². The van der Waals surface area contributed by atoms with Gasteiger partial charge in [-0.1, -0.05) is 19.8 Å². The number of hydrogen-bond acceptors (Lipinski definition) is 4. The molecule has 0 bridgehead atoms. The van der Waals surface area contributed by atoms with Gasteiger partial charge >= 0.3 is 0 Å². The summed E-state index contributed by atoms with van der Waals surface area (Å²) in [6.45, 7) is 5.67. The van der Waals surface area contributed by atoms with E-state index in [1.54, 1.807) is 0 Å². The van der Waals surface area contributed by atoms with Gasteiger partial charge in [-0.15, -0.1) is 11.3 Å². The Hall–Kier alpha value is -0.610. The number of nitrogens with one attached hydrogen (secondary N) is 1. The minimum absolute atomic E-state index is 0.736. The normalized spacial score (nSPS) is 25.1. The smallest absolute Gasteiger partial charge is 0.185 e. The largest absolute Gasteiger partial charge is 0.348 e. The first-order valence-electron chi connectivity index (χ1n) is 7.74. The molecule has 1 saturated carbocycles. The number of piperidine rings is 1. The van der Waals surface area contributed by atoms with Gasteiger partial charge in [-0.25, -0.2) is 4.98 Å². The number of thiazole rings is 1. The molecule has 1 unspecified atom stereocenters. The highest BCUT2D eigenvalue weighted by Crippen LogP contribution is 2.26. The van der Waals surface area contributed by atoms with Crippen LogP contribution in [0.5, 0.6) is 0 Å². The quantitative estimate of drug-likeness (QED) is 0.915. The van der Waals surface area contributed by atoms with Gasteiger partial charge in [0.15, 0.2) is 5.13 Å². The fourth-order valence-electron chi connectivity index (χ4n) is 3.26. The van der Waals surface area contributed by atoms with Crippen molar-refractivity contribution in [3.8, 4) is 0 Å². The minimum atomic E-state index is 0.736. The molecule has 1 N–H and O–H groups in total. The molecule has 0 aromatic carbocycles. The predicted molar refractivity (Wildman–Crippen MR) is 81.8 cm³/mol. The summed E-state index contributed by atoms with van der Waals surface area (Å²) in [6, 6.07) is 0.736. The zero-order valence-corrected chi connectivity index (χ0v) is 12.7. The zero-order chi connectivity index (χ0) is 13.1. The number of nitrogens with zero attached hydrogens (tertiary/aromatic N) is 2. The van der Waals surface area contributed by atoms with E-state index in [4.69, 9.17) is 4.98 Å². The topological polar surface area (TPSA) is 28.2 Å². The fraction of sp³-hybridized carbons (Fsp3) is 0.800. The van der Waals surface area contributed by atoms with Crippen LogP contribution >= 0.6 is 11.3 Å². The Morgan fingerprint density at radius 2 is 2.16 bits per heavy atom. The van der Waals surface area contributed by atoms with Gasteiger partial charge in [0.05, 0.1) is 5.69 Å². The first-order chi connectivity index (χ1) is 9.31. The SMILES string of the molecule is CC1CCCN(c2nc(CNC3CCCC3)cs2)C1. The van der Waals surface area contributed by atoms with Crippen LogP contribution in [0, 0.1) is 5.92 Å². The molecule has 1 atom stereocenters. The molecule has 2 fully saturated rings. The van der Waals surface area contributed by atoms with Gasteiger partial charge in [-0.2, -0.15) is 0 Å². The van der Waals surface area contributed by atoms with Crippen molar-refractivity contribution in [2.75, 3.05) is 18.0 Å². The van der Waals surface area contributed by atoms with Gasteiger partial charge < -0.3 is 10.2 Å². The highest BCUT2D eigenvalue weighted by Gasteiger charge is 2.19. The standard InChI is InChI=1S/C15H25N3S/c1-12-5-4-8-18(10-12)15-17-14(11-19-15)9-16-13-6-2-3-7-13/h11-13,16H,2-10H2,1H3. The summed E-state index contributed by atoms with van der Waals surface area (Å²) in [5.74, 6) is 0.817. The maximum absolute atomic E-state index is 4.81. The maximum atomic E-state index is 4.81. The lowest BCUT2D eigenvalue weighted by Gasteiger charge is -2.30. The highest BCUT2D eigenvalue weighted by molar-refractivity contribution is 7.13. The van der Waals surface area contributed by atoms with E-state index in [9.17, 15) is 0 Å². The van der Waals surface area contributed by atoms with Crippen LogP contribution in [-0.2, 0) is 6.54 Å². The molecule has 1 aromatic rings. The molecule has 1 saturated heterocycles. The number of anilines is 1. The monoisotopic (exact) mass is 279 g/mol. The van der Waals surface area contributed by atoms with Gasteiger partial charge in [0.2, 0.25) is 0 Å². The van der Waals surface area contributed by atoms with Crippen molar-refractivity contribution in [2.24, 2.45) is 5.92 Å². The molecule has 2 aliphatic rings. The third-order valence-corrected chi connectivity index (χ3v) is 5.34. The van der Waals surface area contributed by atoms with Gasteiger partial charge in [-0.3, -0.25) is 0 Å². The first-order valence-corrected chi connectivity index (χ1v) is 8.62. The highest BCUT2D eigenvalue weighted by atomic mass is 32.1. The van der Waals surface area contributed by atoms with Crippen molar-refractivity contribution < 1.29 is 0 Å². The maximum Gasteiger partial charge on any atom is 0.185 e. The van der Waals surface area contributed by atoms with Crippen molar-refractivity contribution >= 4 is 16.5 Å². The molecule has 106 valence electrons. The van der Waals surface area contributed by atoms with Crippen LogP contribution in [0.2, 0.25) is 0 Å². The van der Waals surface area contributed by atoms with Crippen LogP contribution in [0.1, 0.15) is 51.1 Å². The summed E-state index contributed by atoms with van der Waals surface area (Å²) in [7, 11) is 0. The average Bonchev–Trinajstić information content (AvgIpc) is 3.08. The molecule has 3 nitrogen and oxygen atoms in total. The Bertz CT molecular complexity index is 398. The second-order valence-corrected chi connectivity index (χ2v) is 7.01. The molecule has 1 aliphatic carbocycles.